The van der Waals surface area contributed by atoms with E-state index in [2.05, 4.69) is 5.32 Å². The molecule has 0 aliphatic rings. The number of hydrogen-bond donors (Lipinski definition) is 2. The molecule has 120 valence electrons. The second kappa shape index (κ2) is 8.81. The molecule has 1 aromatic rings. The van der Waals surface area contributed by atoms with Crippen molar-refractivity contribution in [1.29, 1.82) is 0 Å². The summed E-state index contributed by atoms with van der Waals surface area (Å²) in [6.07, 6.45) is -0.427. The Balaban J connectivity index is 2.68. The highest BCUT2D eigenvalue weighted by Gasteiger charge is 2.28. The van der Waals surface area contributed by atoms with Crippen LogP contribution in [0.4, 0.5) is 4.79 Å². The minimum Gasteiger partial charge on any atom is -0.438 e. The quantitative estimate of drug-likeness (QED) is 0.718. The van der Waals surface area contributed by atoms with Crippen molar-refractivity contribution < 1.29 is 19.1 Å². The lowest BCUT2D eigenvalue weighted by atomic mass is 10.1. The number of unbranched alkanes of at least 4 members (excludes halogenated alkanes) is 1. The number of Topliss-reactive ketones (excluding diaryl/α,β-unsaturated/α-hetero) is 1. The third-order valence-electron chi connectivity index (χ3n) is 3.24. The summed E-state index contributed by atoms with van der Waals surface area (Å²) in [5, 5.41) is 2.61. The number of hydrogen-bond acceptors (Lipinski definition) is 4. The van der Waals surface area contributed by atoms with E-state index in [0.717, 1.165) is 12.0 Å². The monoisotopic (exact) mass is 306 g/mol. The predicted octanol–water partition coefficient (Wildman–Crippen LogP) is 2.09. The maximum atomic E-state index is 12.1. The van der Waals surface area contributed by atoms with Gasteiger partial charge in [0.2, 0.25) is 0 Å². The molecule has 1 aromatic carbocycles. The molecule has 0 radical (unpaired) electrons. The molecule has 3 N–H and O–H groups in total. The highest BCUT2D eigenvalue weighted by atomic mass is 16.6. The first kappa shape index (κ1) is 17.7. The highest BCUT2D eigenvalue weighted by Crippen LogP contribution is 2.12. The van der Waals surface area contributed by atoms with Crippen LogP contribution in [-0.4, -0.2) is 23.9 Å². The van der Waals surface area contributed by atoms with Gasteiger partial charge < -0.3 is 15.8 Å². The zero-order valence-corrected chi connectivity index (χ0v) is 12.9. The van der Waals surface area contributed by atoms with Crippen LogP contribution in [0.25, 0.3) is 0 Å². The highest BCUT2D eigenvalue weighted by molar-refractivity contribution is 6.38. The predicted molar refractivity (Wildman–Crippen MR) is 82.0 cm³/mol. The van der Waals surface area contributed by atoms with Gasteiger partial charge in [0.05, 0.1) is 6.04 Å². The van der Waals surface area contributed by atoms with E-state index in [1.807, 2.05) is 37.3 Å². The third-order valence-corrected chi connectivity index (χ3v) is 3.24. The zero-order valence-electron chi connectivity index (χ0n) is 12.9. The van der Waals surface area contributed by atoms with Crippen molar-refractivity contribution in [2.45, 2.75) is 45.3 Å². The van der Waals surface area contributed by atoms with Crippen molar-refractivity contribution >= 4 is 17.8 Å². The number of ketones is 1. The van der Waals surface area contributed by atoms with Crippen LogP contribution in [0.3, 0.4) is 0 Å². The summed E-state index contributed by atoms with van der Waals surface area (Å²) in [5.41, 5.74) is 5.83. The van der Waals surface area contributed by atoms with Crippen LogP contribution in [-0.2, 0) is 14.3 Å². The van der Waals surface area contributed by atoms with Crippen molar-refractivity contribution in [2.24, 2.45) is 5.73 Å². The van der Waals surface area contributed by atoms with Gasteiger partial charge in [-0.25, -0.2) is 4.79 Å². The Morgan fingerprint density at radius 1 is 1.23 bits per heavy atom. The SMILES string of the molecule is CCCC[C@H](OC(N)=O)C(=O)C(=O)N[C@H](C)c1ccccc1. The molecule has 0 spiro atoms. The Hall–Kier alpha value is -2.37. The smallest absolute Gasteiger partial charge is 0.405 e. The number of carbonyl (C=O) groups excluding carboxylic acids is 3. The normalized spacial score (nSPS) is 13.0. The van der Waals surface area contributed by atoms with Gasteiger partial charge in [0, 0.05) is 0 Å². The van der Waals surface area contributed by atoms with E-state index in [4.69, 9.17) is 10.5 Å². The fourth-order valence-corrected chi connectivity index (χ4v) is 2.01. The number of carbonyl (C=O) groups is 3. The summed E-state index contributed by atoms with van der Waals surface area (Å²) in [7, 11) is 0. The minimum absolute atomic E-state index is 0.283. The average Bonchev–Trinajstić information content (AvgIpc) is 2.51. The van der Waals surface area contributed by atoms with Gasteiger partial charge in [0.1, 0.15) is 0 Å². The molecule has 0 saturated heterocycles. The Bertz CT molecular complexity index is 516. The van der Waals surface area contributed by atoms with Gasteiger partial charge in [0.25, 0.3) is 11.7 Å². The van der Waals surface area contributed by atoms with Crippen molar-refractivity contribution in [2.75, 3.05) is 0 Å². The van der Waals surface area contributed by atoms with E-state index >= 15 is 0 Å². The van der Waals surface area contributed by atoms with Gasteiger partial charge in [-0.1, -0.05) is 43.7 Å². The van der Waals surface area contributed by atoms with Crippen LogP contribution in [0, 0.1) is 0 Å². The first-order valence-corrected chi connectivity index (χ1v) is 7.31. The molecule has 0 unspecified atom stereocenters. The molecule has 1 rings (SSSR count). The summed E-state index contributed by atoms with van der Waals surface area (Å²) in [6, 6.07) is 8.94. The number of nitrogens with two attached hydrogens (primary N) is 1. The second-order valence-electron chi connectivity index (χ2n) is 5.04. The van der Waals surface area contributed by atoms with Crippen LogP contribution in [0.15, 0.2) is 30.3 Å². The maximum absolute atomic E-state index is 12.1. The second-order valence-corrected chi connectivity index (χ2v) is 5.04. The van der Waals surface area contributed by atoms with E-state index in [9.17, 15) is 14.4 Å². The first-order chi connectivity index (χ1) is 10.5. The number of nitrogens with one attached hydrogen (secondary N) is 1. The van der Waals surface area contributed by atoms with Crippen molar-refractivity contribution in [3.8, 4) is 0 Å². The van der Waals surface area contributed by atoms with Gasteiger partial charge in [-0.2, -0.15) is 0 Å². The molecular formula is C16H22N2O4. The number of ether oxygens (including phenoxy) is 1. The number of benzene rings is 1. The lowest BCUT2D eigenvalue weighted by Crippen LogP contribution is -2.42. The lowest BCUT2D eigenvalue weighted by molar-refractivity contribution is -0.143. The van der Waals surface area contributed by atoms with Crippen LogP contribution < -0.4 is 11.1 Å². The molecule has 6 nitrogen and oxygen atoms in total. The summed E-state index contributed by atoms with van der Waals surface area (Å²) >= 11 is 0. The van der Waals surface area contributed by atoms with Gasteiger partial charge in [-0.05, 0) is 25.3 Å². The van der Waals surface area contributed by atoms with Crippen LogP contribution in [0.1, 0.15) is 44.7 Å². The molecule has 0 bridgehead atoms. The van der Waals surface area contributed by atoms with Gasteiger partial charge >= 0.3 is 6.09 Å². The van der Waals surface area contributed by atoms with Crippen LogP contribution in [0.2, 0.25) is 0 Å². The minimum atomic E-state index is -1.12. The average molecular weight is 306 g/mol. The molecule has 0 heterocycles. The fourth-order valence-electron chi connectivity index (χ4n) is 2.01. The summed E-state index contributed by atoms with van der Waals surface area (Å²) in [5.74, 6) is -1.56. The Morgan fingerprint density at radius 3 is 2.41 bits per heavy atom. The van der Waals surface area contributed by atoms with Crippen molar-refractivity contribution in [3.63, 3.8) is 0 Å². The molecule has 0 saturated carbocycles. The molecule has 2 atom stereocenters. The summed E-state index contributed by atoms with van der Waals surface area (Å²) in [4.78, 5) is 35.0. The van der Waals surface area contributed by atoms with E-state index in [1.54, 1.807) is 6.92 Å². The lowest BCUT2D eigenvalue weighted by Gasteiger charge is -2.17. The Labute approximate surface area is 130 Å². The molecule has 0 aromatic heterocycles. The van der Waals surface area contributed by atoms with Crippen LogP contribution in [0.5, 0.6) is 0 Å². The van der Waals surface area contributed by atoms with Crippen LogP contribution >= 0.6 is 0 Å². The summed E-state index contributed by atoms with van der Waals surface area (Å²) in [6.45, 7) is 3.71. The standard InChI is InChI=1S/C16H22N2O4/c1-3-4-10-13(22-16(17)21)14(19)15(20)18-11(2)12-8-6-5-7-9-12/h5-9,11,13H,3-4,10H2,1-2H3,(H2,17,21)(H,18,20)/t11-,13+/m1/s1. The number of rotatable bonds is 8. The van der Waals surface area contributed by atoms with E-state index in [0.29, 0.717) is 6.42 Å². The topological polar surface area (TPSA) is 98.5 Å². The zero-order chi connectivity index (χ0) is 16.5. The molecule has 2 amide bonds. The molecule has 6 heteroatoms. The maximum Gasteiger partial charge on any atom is 0.405 e. The molecule has 22 heavy (non-hydrogen) atoms. The largest absolute Gasteiger partial charge is 0.438 e. The molecule has 0 fully saturated rings. The first-order valence-electron chi connectivity index (χ1n) is 7.31. The number of amides is 2. The number of primary amides is 1. The van der Waals surface area contributed by atoms with Gasteiger partial charge in [-0.15, -0.1) is 0 Å². The van der Waals surface area contributed by atoms with E-state index in [1.165, 1.54) is 0 Å². The fraction of sp³-hybridized carbons (Fsp3) is 0.438. The Morgan fingerprint density at radius 2 is 1.86 bits per heavy atom. The molecule has 0 aliphatic carbocycles. The third kappa shape index (κ3) is 5.55. The Kier molecular flexibility index (Phi) is 7.08. The van der Waals surface area contributed by atoms with Gasteiger partial charge in [0.15, 0.2) is 6.10 Å². The van der Waals surface area contributed by atoms with E-state index in [-0.39, 0.29) is 12.5 Å². The van der Waals surface area contributed by atoms with E-state index < -0.39 is 23.9 Å². The molecule has 0 aliphatic heterocycles. The summed E-state index contributed by atoms with van der Waals surface area (Å²) < 4.78 is 4.75. The van der Waals surface area contributed by atoms with Crippen molar-refractivity contribution in [3.05, 3.63) is 35.9 Å². The van der Waals surface area contributed by atoms with Gasteiger partial charge in [-0.3, -0.25) is 9.59 Å². The molecular weight excluding hydrogens is 284 g/mol. The van der Waals surface area contributed by atoms with Crippen molar-refractivity contribution in [1.82, 2.24) is 5.32 Å².